The molecule has 0 bridgehead atoms. The molecule has 0 fully saturated rings. The molecule has 1 aromatic heterocycles. The predicted octanol–water partition coefficient (Wildman–Crippen LogP) is 3.47. The number of aryl methyl sites for hydroxylation is 2. The summed E-state index contributed by atoms with van der Waals surface area (Å²) in [6.45, 7) is 8.20. The number of hydrogen-bond acceptors (Lipinski definition) is 3. The Bertz CT molecular complexity index is 579. The van der Waals surface area contributed by atoms with Crippen LogP contribution < -0.4 is 10.5 Å². The van der Waals surface area contributed by atoms with Crippen molar-refractivity contribution in [3.8, 4) is 5.75 Å². The second-order valence-corrected chi connectivity index (χ2v) is 5.39. The molecule has 20 heavy (non-hydrogen) atoms. The first kappa shape index (κ1) is 14.5. The van der Waals surface area contributed by atoms with Crippen LogP contribution >= 0.6 is 0 Å². The summed E-state index contributed by atoms with van der Waals surface area (Å²) >= 11 is 0. The quantitative estimate of drug-likeness (QED) is 0.925. The first-order valence-corrected chi connectivity index (χ1v) is 6.89. The van der Waals surface area contributed by atoms with E-state index in [2.05, 4.69) is 37.9 Å². The Hall–Kier alpha value is -1.87. The highest BCUT2D eigenvalue weighted by molar-refractivity contribution is 5.42. The zero-order valence-electron chi connectivity index (χ0n) is 12.6. The Morgan fingerprint density at radius 1 is 1.20 bits per heavy atom. The van der Waals surface area contributed by atoms with Gasteiger partial charge in [0.25, 0.3) is 0 Å². The van der Waals surface area contributed by atoms with Gasteiger partial charge in [-0.15, -0.1) is 0 Å². The summed E-state index contributed by atoms with van der Waals surface area (Å²) in [5, 5.41) is 0. The van der Waals surface area contributed by atoms with E-state index >= 15 is 0 Å². The van der Waals surface area contributed by atoms with Crippen LogP contribution in [0.15, 0.2) is 36.7 Å². The van der Waals surface area contributed by atoms with Gasteiger partial charge in [-0.1, -0.05) is 12.1 Å². The maximum atomic E-state index is 6.19. The van der Waals surface area contributed by atoms with Gasteiger partial charge in [-0.25, -0.2) is 0 Å². The van der Waals surface area contributed by atoms with E-state index in [1.807, 2.05) is 25.3 Å². The van der Waals surface area contributed by atoms with E-state index in [1.165, 1.54) is 11.1 Å². The minimum Gasteiger partial charge on any atom is -0.484 e. The van der Waals surface area contributed by atoms with Gasteiger partial charge in [0.05, 0.1) is 0 Å². The van der Waals surface area contributed by atoms with E-state index in [1.54, 1.807) is 6.20 Å². The van der Waals surface area contributed by atoms with E-state index in [-0.39, 0.29) is 12.1 Å². The maximum Gasteiger partial charge on any atom is 0.140 e. The third kappa shape index (κ3) is 3.17. The number of nitrogens with two attached hydrogens (primary N) is 1. The lowest BCUT2D eigenvalue weighted by atomic mass is 10.0. The van der Waals surface area contributed by atoms with E-state index in [0.717, 1.165) is 16.9 Å². The number of pyridine rings is 1. The smallest absolute Gasteiger partial charge is 0.140 e. The molecular formula is C17H22N2O. The molecule has 1 aromatic carbocycles. The van der Waals surface area contributed by atoms with Gasteiger partial charge in [0.1, 0.15) is 11.9 Å². The van der Waals surface area contributed by atoms with Crippen LogP contribution in [-0.2, 0) is 0 Å². The van der Waals surface area contributed by atoms with Crippen molar-refractivity contribution in [2.75, 3.05) is 0 Å². The van der Waals surface area contributed by atoms with Crippen LogP contribution in [0.2, 0.25) is 0 Å². The topological polar surface area (TPSA) is 48.1 Å². The highest BCUT2D eigenvalue weighted by atomic mass is 16.5. The lowest BCUT2D eigenvalue weighted by molar-refractivity contribution is 0.178. The number of benzene rings is 1. The zero-order chi connectivity index (χ0) is 14.7. The lowest BCUT2D eigenvalue weighted by Gasteiger charge is -2.24. The fraction of sp³-hybridized carbons (Fsp3) is 0.353. The summed E-state index contributed by atoms with van der Waals surface area (Å²) in [7, 11) is 0. The van der Waals surface area contributed by atoms with Gasteiger partial charge in [-0.05, 0) is 56.5 Å². The molecule has 0 saturated carbocycles. The van der Waals surface area contributed by atoms with Crippen molar-refractivity contribution < 1.29 is 4.74 Å². The summed E-state index contributed by atoms with van der Waals surface area (Å²) < 4.78 is 6.19. The van der Waals surface area contributed by atoms with Crippen LogP contribution in [0.3, 0.4) is 0 Å². The fourth-order valence-corrected chi connectivity index (χ4v) is 2.28. The number of aromatic nitrogens is 1. The van der Waals surface area contributed by atoms with Crippen LogP contribution in [0.1, 0.15) is 35.3 Å². The van der Waals surface area contributed by atoms with Gasteiger partial charge in [-0.2, -0.15) is 0 Å². The highest BCUT2D eigenvalue weighted by Crippen LogP contribution is 2.29. The van der Waals surface area contributed by atoms with Crippen LogP contribution in [0.25, 0.3) is 0 Å². The molecule has 2 aromatic rings. The summed E-state index contributed by atoms with van der Waals surface area (Å²) in [4.78, 5) is 4.15. The van der Waals surface area contributed by atoms with E-state index in [4.69, 9.17) is 10.5 Å². The predicted molar refractivity (Wildman–Crippen MR) is 81.9 cm³/mol. The molecular weight excluding hydrogens is 248 g/mol. The van der Waals surface area contributed by atoms with Crippen LogP contribution in [0, 0.1) is 20.8 Å². The lowest BCUT2D eigenvalue weighted by Crippen LogP contribution is -2.29. The van der Waals surface area contributed by atoms with Crippen molar-refractivity contribution in [1.82, 2.24) is 4.98 Å². The Morgan fingerprint density at radius 2 is 1.95 bits per heavy atom. The molecule has 2 unspecified atom stereocenters. The number of rotatable bonds is 4. The van der Waals surface area contributed by atoms with Crippen molar-refractivity contribution in [2.45, 2.75) is 39.8 Å². The average Bonchev–Trinajstić information content (AvgIpc) is 2.41. The second-order valence-electron chi connectivity index (χ2n) is 5.39. The number of ether oxygens (including phenoxy) is 1. The number of hydrogen-bond donors (Lipinski definition) is 1. The third-order valence-corrected chi connectivity index (χ3v) is 3.51. The van der Waals surface area contributed by atoms with Crippen LogP contribution in [0.5, 0.6) is 5.75 Å². The monoisotopic (exact) mass is 270 g/mol. The van der Waals surface area contributed by atoms with Gasteiger partial charge in [-0.3, -0.25) is 4.98 Å². The zero-order valence-corrected chi connectivity index (χ0v) is 12.6. The molecule has 0 saturated heterocycles. The van der Waals surface area contributed by atoms with Gasteiger partial charge in [0.15, 0.2) is 0 Å². The average molecular weight is 270 g/mol. The van der Waals surface area contributed by atoms with Crippen LogP contribution in [-0.4, -0.2) is 11.0 Å². The molecule has 2 rings (SSSR count). The molecule has 3 nitrogen and oxygen atoms in total. The molecule has 2 N–H and O–H groups in total. The van der Waals surface area contributed by atoms with Crippen molar-refractivity contribution in [1.29, 1.82) is 0 Å². The molecule has 106 valence electrons. The Kier molecular flexibility index (Phi) is 4.40. The highest BCUT2D eigenvalue weighted by Gasteiger charge is 2.19. The van der Waals surface area contributed by atoms with Crippen molar-refractivity contribution in [3.05, 3.63) is 58.9 Å². The van der Waals surface area contributed by atoms with E-state index < -0.39 is 0 Å². The molecule has 0 radical (unpaired) electrons. The standard InChI is InChI=1S/C17H22N2O/c1-11-8-12(2)13(3)16(9-11)20-17(14(4)18)15-6-5-7-19-10-15/h5-10,14,17H,18H2,1-4H3. The van der Waals surface area contributed by atoms with Crippen molar-refractivity contribution in [3.63, 3.8) is 0 Å². The maximum absolute atomic E-state index is 6.19. The van der Waals surface area contributed by atoms with Crippen molar-refractivity contribution in [2.24, 2.45) is 5.73 Å². The molecule has 0 aliphatic rings. The SMILES string of the molecule is Cc1cc(C)c(C)c(OC(c2cccnc2)C(C)N)c1. The summed E-state index contributed by atoms with van der Waals surface area (Å²) in [6.07, 6.45) is 3.37. The van der Waals surface area contributed by atoms with E-state index in [9.17, 15) is 0 Å². The largest absolute Gasteiger partial charge is 0.484 e. The second kappa shape index (κ2) is 6.06. The van der Waals surface area contributed by atoms with Gasteiger partial charge >= 0.3 is 0 Å². The fourth-order valence-electron chi connectivity index (χ4n) is 2.28. The van der Waals surface area contributed by atoms with E-state index in [0.29, 0.717) is 0 Å². The minimum atomic E-state index is -0.191. The van der Waals surface area contributed by atoms with Gasteiger partial charge in [0, 0.05) is 24.0 Å². The Labute approximate surface area is 120 Å². The third-order valence-electron chi connectivity index (χ3n) is 3.51. The molecule has 3 heteroatoms. The summed E-state index contributed by atoms with van der Waals surface area (Å²) in [5.74, 6) is 0.897. The Morgan fingerprint density at radius 3 is 2.55 bits per heavy atom. The molecule has 0 aliphatic heterocycles. The Balaban J connectivity index is 2.35. The molecule has 0 amide bonds. The number of nitrogens with zero attached hydrogens (tertiary/aromatic N) is 1. The first-order valence-electron chi connectivity index (χ1n) is 6.89. The van der Waals surface area contributed by atoms with Gasteiger partial charge < -0.3 is 10.5 Å². The first-order chi connectivity index (χ1) is 9.49. The van der Waals surface area contributed by atoms with Gasteiger partial charge in [0.2, 0.25) is 0 Å². The molecule has 0 spiro atoms. The normalized spacial score (nSPS) is 13.8. The molecule has 1 heterocycles. The minimum absolute atomic E-state index is 0.112. The molecule has 0 aliphatic carbocycles. The summed E-state index contributed by atoms with van der Waals surface area (Å²) in [5.41, 5.74) is 10.7. The van der Waals surface area contributed by atoms with Crippen molar-refractivity contribution >= 4 is 0 Å². The molecule has 2 atom stereocenters. The van der Waals surface area contributed by atoms with Crippen LogP contribution in [0.4, 0.5) is 0 Å². The summed E-state index contributed by atoms with van der Waals surface area (Å²) in [6, 6.07) is 8.02.